The molecule has 2 heterocycles. The Labute approximate surface area is 305 Å². The third-order valence-corrected chi connectivity index (χ3v) is 9.01. The van der Waals surface area contributed by atoms with E-state index in [1.54, 1.807) is 19.9 Å². The molecule has 2 aromatic heterocycles. The number of Topliss-reactive ketones (excluding diaryl/α,β-unsaturated/α-hetero) is 2. The smallest absolute Gasteiger partial charge is 0.502 e. The molecule has 18 heteroatoms. The number of ketones is 2. The quantitative estimate of drug-likeness (QED) is 0.0898. The lowest BCUT2D eigenvalue weighted by Gasteiger charge is -2.08. The number of esters is 2. The monoisotopic (exact) mass is 798 g/mol. The average Bonchev–Trinajstić information content (AvgIpc) is 3.70. The molecule has 0 saturated heterocycles. The van der Waals surface area contributed by atoms with Gasteiger partial charge < -0.3 is 28.8 Å². The maximum Gasteiger partial charge on any atom is 0.643 e. The van der Waals surface area contributed by atoms with Gasteiger partial charge in [0.25, 0.3) is 0 Å². The van der Waals surface area contributed by atoms with Gasteiger partial charge in [0, 0.05) is 45.1 Å². The van der Waals surface area contributed by atoms with E-state index in [9.17, 15) is 33.1 Å². The molecule has 4 rings (SSSR count). The number of aromatic hydroxyl groups is 1. The van der Waals surface area contributed by atoms with Crippen molar-refractivity contribution in [3.63, 3.8) is 0 Å². The van der Waals surface area contributed by atoms with Crippen LogP contribution in [0.25, 0.3) is 20.2 Å². The molecule has 0 bridgehead atoms. The van der Waals surface area contributed by atoms with Crippen LogP contribution in [0.3, 0.4) is 0 Å². The van der Waals surface area contributed by atoms with Crippen LogP contribution in [0, 0.1) is 23.5 Å². The fourth-order valence-corrected chi connectivity index (χ4v) is 6.38. The first-order valence-corrected chi connectivity index (χ1v) is 20.9. The SMILES string of the molecule is COC(=O)[C@H](C)CC(=O)c1cc2c(F)c(O)c(OC)cc2s1.COC(=O)[C@H](C)CC(=O)c1cc2c(F)c(OC)c(OC)cc2s1.[Cl][Al]([Cl])[Cl]. The Bertz CT molecular complexity index is 1810. The number of carbonyl (C=O) groups is 4. The zero-order chi connectivity index (χ0) is 37.2. The highest BCUT2D eigenvalue weighted by molar-refractivity contribution is 7.54. The van der Waals surface area contributed by atoms with E-state index in [1.165, 1.54) is 53.7 Å². The van der Waals surface area contributed by atoms with Crippen LogP contribution in [-0.4, -0.2) is 75.5 Å². The van der Waals surface area contributed by atoms with Gasteiger partial charge in [-0.1, -0.05) is 13.8 Å². The maximum atomic E-state index is 14.5. The minimum Gasteiger partial charge on any atom is -0.502 e. The van der Waals surface area contributed by atoms with E-state index in [1.807, 2.05) is 0 Å². The van der Waals surface area contributed by atoms with Crippen molar-refractivity contribution in [1.29, 1.82) is 0 Å². The Morgan fingerprint density at radius 3 is 1.47 bits per heavy atom. The summed E-state index contributed by atoms with van der Waals surface area (Å²) in [5.41, 5.74) is 0. The van der Waals surface area contributed by atoms with Crippen molar-refractivity contribution in [3.05, 3.63) is 45.7 Å². The van der Waals surface area contributed by atoms with Crippen molar-refractivity contribution >= 4 is 108 Å². The van der Waals surface area contributed by atoms with E-state index >= 15 is 0 Å². The Balaban J connectivity index is 0.000000307. The summed E-state index contributed by atoms with van der Waals surface area (Å²) < 4.78 is 53.8. The lowest BCUT2D eigenvalue weighted by molar-refractivity contribution is -0.145. The average molecular weight is 800 g/mol. The first-order valence-electron chi connectivity index (χ1n) is 14.0. The number of thiophene rings is 2. The first-order chi connectivity index (χ1) is 23.0. The summed E-state index contributed by atoms with van der Waals surface area (Å²) in [7, 11) is 21.5. The molecule has 0 saturated carbocycles. The lowest BCUT2D eigenvalue weighted by Crippen LogP contribution is -2.16. The highest BCUT2D eigenvalue weighted by atomic mass is 35.8. The first kappa shape index (κ1) is 42.3. The molecule has 4 aromatic rings. The van der Waals surface area contributed by atoms with Crippen LogP contribution in [0.1, 0.15) is 46.0 Å². The molecule has 2 aromatic carbocycles. The van der Waals surface area contributed by atoms with Gasteiger partial charge in [-0.3, -0.25) is 19.2 Å². The lowest BCUT2D eigenvalue weighted by atomic mass is 10.0. The molecule has 49 heavy (non-hydrogen) atoms. The molecular weight excluding hydrogens is 768 g/mol. The second kappa shape index (κ2) is 19.5. The van der Waals surface area contributed by atoms with E-state index in [4.69, 9.17) is 44.4 Å². The third kappa shape index (κ3) is 11.0. The Kier molecular flexibility index (Phi) is 16.8. The van der Waals surface area contributed by atoms with Crippen molar-refractivity contribution in [1.82, 2.24) is 0 Å². The number of methoxy groups -OCH3 is 5. The summed E-state index contributed by atoms with van der Waals surface area (Å²) in [6.45, 7) is 3.20. The summed E-state index contributed by atoms with van der Waals surface area (Å²) in [6.07, 6.45) is -0.0143. The van der Waals surface area contributed by atoms with Gasteiger partial charge in [0.1, 0.15) is 0 Å². The Morgan fingerprint density at radius 2 is 1.10 bits per heavy atom. The van der Waals surface area contributed by atoms with Gasteiger partial charge in [-0.05, 0) is 12.1 Å². The van der Waals surface area contributed by atoms with E-state index in [-0.39, 0.29) is 47.0 Å². The number of rotatable bonds is 11. The van der Waals surface area contributed by atoms with E-state index in [2.05, 4.69) is 9.47 Å². The normalized spacial score (nSPS) is 11.7. The molecule has 0 radical (unpaired) electrons. The van der Waals surface area contributed by atoms with Gasteiger partial charge in [0.2, 0.25) is 0 Å². The fraction of sp³-hybridized carbons (Fsp3) is 0.355. The molecule has 0 amide bonds. The van der Waals surface area contributed by atoms with Crippen LogP contribution in [0.4, 0.5) is 8.78 Å². The number of halogens is 5. The zero-order valence-corrected chi connectivity index (χ0v) is 32.3. The summed E-state index contributed by atoms with van der Waals surface area (Å²) in [4.78, 5) is 47.9. The second-order valence-electron chi connectivity index (χ2n) is 10.1. The Hall–Kier alpha value is -2.90. The molecule has 0 aliphatic rings. The summed E-state index contributed by atoms with van der Waals surface area (Å²) in [5.74, 6) is -4.28. The number of hydrogen-bond acceptors (Lipinski definition) is 12. The number of ether oxygens (including phenoxy) is 5. The van der Waals surface area contributed by atoms with Gasteiger partial charge in [0.05, 0.1) is 57.1 Å². The van der Waals surface area contributed by atoms with Gasteiger partial charge in [-0.15, -0.1) is 22.7 Å². The minimum atomic E-state index is -1.72. The molecule has 0 spiro atoms. The minimum absolute atomic E-state index is 0.000252. The molecule has 0 aliphatic heterocycles. The van der Waals surface area contributed by atoms with Gasteiger partial charge in [0.15, 0.2) is 46.2 Å². The molecule has 2 atom stereocenters. The number of phenolic OH excluding ortho intramolecular Hbond substituents is 1. The van der Waals surface area contributed by atoms with Crippen molar-refractivity contribution in [2.75, 3.05) is 35.5 Å². The molecule has 0 aliphatic carbocycles. The van der Waals surface area contributed by atoms with E-state index in [0.29, 0.717) is 24.5 Å². The van der Waals surface area contributed by atoms with Crippen LogP contribution in [-0.2, 0) is 19.1 Å². The summed E-state index contributed by atoms with van der Waals surface area (Å²) in [6, 6.07) is 5.95. The van der Waals surface area contributed by atoms with Crippen molar-refractivity contribution < 1.29 is 56.7 Å². The topological polar surface area (TPSA) is 135 Å². The standard InChI is InChI=1S/C16H17FO5S.C15H15FO5S.Al.3ClH/c1-8(16(19)22-4)5-10(18)13-6-9-12(23-13)7-11(20-2)15(21-3)14(9)17;1-7(15(19)21-3)4-9(17)12-5-8-11(22-12)6-10(20-2)14(18)13(8)16;;;;/h6-8H,5H2,1-4H3;5-7,18H,4H2,1-3H3;;3*1H/q;;+3;;;/p-3/t8-;7-;;;;/m11..../s1. The molecule has 1 N–H and O–H groups in total. The number of hydrogen-bond donors (Lipinski definition) is 1. The van der Waals surface area contributed by atoms with E-state index < -0.39 is 52.5 Å². The number of fused-ring (bicyclic) bond motifs is 2. The molecule has 266 valence electrons. The fourth-order valence-electron chi connectivity index (χ4n) is 4.30. The highest BCUT2D eigenvalue weighted by Gasteiger charge is 2.24. The van der Waals surface area contributed by atoms with Crippen LogP contribution < -0.4 is 14.2 Å². The van der Waals surface area contributed by atoms with Gasteiger partial charge in [-0.25, -0.2) is 38.9 Å². The molecule has 0 fully saturated rings. The Morgan fingerprint density at radius 1 is 0.714 bits per heavy atom. The highest BCUT2D eigenvalue weighted by Crippen LogP contribution is 2.41. The van der Waals surface area contributed by atoms with Gasteiger partial charge >= 0.3 is 23.3 Å². The van der Waals surface area contributed by atoms with E-state index in [0.717, 1.165) is 22.7 Å². The number of phenols is 1. The van der Waals surface area contributed by atoms with Crippen LogP contribution in [0.15, 0.2) is 24.3 Å². The zero-order valence-electron chi connectivity index (χ0n) is 27.3. The van der Waals surface area contributed by atoms with Crippen molar-refractivity contribution in [2.24, 2.45) is 11.8 Å². The second-order valence-corrected chi connectivity index (χ2v) is 18.7. The number of carbonyl (C=O) groups excluding carboxylic acids is 4. The van der Waals surface area contributed by atoms with Crippen LogP contribution in [0.5, 0.6) is 23.0 Å². The predicted molar refractivity (Wildman–Crippen MR) is 188 cm³/mol. The number of benzene rings is 2. The molecule has 10 nitrogen and oxygen atoms in total. The third-order valence-electron chi connectivity index (χ3n) is 6.77. The molecular formula is C31H32AlCl3F2O10S2. The van der Waals surface area contributed by atoms with Gasteiger partial charge in [-0.2, -0.15) is 0 Å². The maximum absolute atomic E-state index is 14.5. The summed E-state index contributed by atoms with van der Waals surface area (Å²) >= 11 is 0.516. The molecule has 0 unspecified atom stereocenters. The summed E-state index contributed by atoms with van der Waals surface area (Å²) in [5, 5.41) is 10.1. The van der Waals surface area contributed by atoms with Crippen molar-refractivity contribution in [3.8, 4) is 23.0 Å². The van der Waals surface area contributed by atoms with Crippen LogP contribution >= 0.6 is 52.8 Å². The van der Waals surface area contributed by atoms with Crippen molar-refractivity contribution in [2.45, 2.75) is 26.7 Å². The van der Waals surface area contributed by atoms with Crippen LogP contribution in [0.2, 0.25) is 0 Å². The predicted octanol–water partition coefficient (Wildman–Crippen LogP) is 8.26. The largest absolute Gasteiger partial charge is 0.643 e.